The van der Waals surface area contributed by atoms with Crippen molar-refractivity contribution in [1.82, 2.24) is 4.98 Å². The quantitative estimate of drug-likeness (QED) is 0.684. The van der Waals surface area contributed by atoms with Crippen LogP contribution < -0.4 is 0 Å². The van der Waals surface area contributed by atoms with Gasteiger partial charge in [0.05, 0.1) is 5.02 Å². The monoisotopic (exact) mass is 201 g/mol. The second-order valence-corrected chi connectivity index (χ2v) is 3.13. The summed E-state index contributed by atoms with van der Waals surface area (Å²) in [5, 5.41) is 0.656. The molecule has 1 heterocycles. The fraction of sp³-hybridized carbons (Fsp3) is 0.222. The first-order chi connectivity index (χ1) is 5.83. The first-order valence-corrected chi connectivity index (χ1v) is 4.57. The molecular weight excluding hydrogens is 193 g/mol. The van der Waals surface area contributed by atoms with Gasteiger partial charge in [-0.3, -0.25) is 4.98 Å². The van der Waals surface area contributed by atoms with Crippen molar-refractivity contribution in [1.29, 1.82) is 0 Å². The minimum Gasteiger partial charge on any atom is -0.263 e. The van der Waals surface area contributed by atoms with E-state index in [1.54, 1.807) is 12.4 Å². The highest BCUT2D eigenvalue weighted by Gasteiger charge is 1.88. The molecule has 0 saturated heterocycles. The molecule has 0 aromatic carbocycles. The third-order valence-electron chi connectivity index (χ3n) is 1.31. The highest BCUT2D eigenvalue weighted by Crippen LogP contribution is 2.09. The minimum absolute atomic E-state index is 0.643. The molecule has 64 valence electrons. The molecule has 0 radical (unpaired) electrons. The zero-order valence-electron chi connectivity index (χ0n) is 6.50. The Morgan fingerprint density at radius 1 is 1.42 bits per heavy atom. The normalized spacial score (nSPS) is 10.8. The van der Waals surface area contributed by atoms with Crippen LogP contribution in [0.25, 0.3) is 6.08 Å². The van der Waals surface area contributed by atoms with Crippen LogP contribution in [-0.2, 0) is 0 Å². The number of halogens is 2. The maximum Gasteiger partial charge on any atom is 0.0595 e. The molecule has 1 nitrogen and oxygen atoms in total. The lowest BCUT2D eigenvalue weighted by molar-refractivity contribution is 1.24. The van der Waals surface area contributed by atoms with Gasteiger partial charge in [-0.05, 0) is 18.1 Å². The highest BCUT2D eigenvalue weighted by molar-refractivity contribution is 6.30. The second kappa shape index (κ2) is 5.18. The largest absolute Gasteiger partial charge is 0.263 e. The summed E-state index contributed by atoms with van der Waals surface area (Å²) in [5.41, 5.74) is 1.01. The maximum atomic E-state index is 5.74. The molecule has 3 heteroatoms. The van der Waals surface area contributed by atoms with E-state index in [1.807, 2.05) is 18.2 Å². The number of allylic oxidation sites excluding steroid dienone is 1. The van der Waals surface area contributed by atoms with Crippen LogP contribution in [0.15, 0.2) is 24.5 Å². The average Bonchev–Trinajstić information content (AvgIpc) is 2.05. The Kier molecular flexibility index (Phi) is 4.12. The summed E-state index contributed by atoms with van der Waals surface area (Å²) < 4.78 is 0. The molecule has 1 aromatic heterocycles. The van der Waals surface area contributed by atoms with E-state index >= 15 is 0 Å². The molecule has 0 spiro atoms. The van der Waals surface area contributed by atoms with Crippen LogP contribution in [0.1, 0.15) is 12.0 Å². The zero-order valence-corrected chi connectivity index (χ0v) is 8.02. The van der Waals surface area contributed by atoms with Gasteiger partial charge in [0.15, 0.2) is 0 Å². The maximum absolute atomic E-state index is 5.74. The lowest BCUT2D eigenvalue weighted by Crippen LogP contribution is -1.76. The summed E-state index contributed by atoms with van der Waals surface area (Å²) in [4.78, 5) is 3.95. The van der Waals surface area contributed by atoms with Crippen LogP contribution in [0, 0.1) is 0 Å². The van der Waals surface area contributed by atoms with E-state index in [0.29, 0.717) is 10.9 Å². The Hall–Kier alpha value is -0.530. The summed E-state index contributed by atoms with van der Waals surface area (Å²) in [7, 11) is 0. The fourth-order valence-corrected chi connectivity index (χ4v) is 1.11. The van der Waals surface area contributed by atoms with Crippen molar-refractivity contribution in [3.63, 3.8) is 0 Å². The van der Waals surface area contributed by atoms with E-state index in [1.165, 1.54) is 0 Å². The van der Waals surface area contributed by atoms with Gasteiger partial charge < -0.3 is 0 Å². The van der Waals surface area contributed by atoms with Crippen molar-refractivity contribution < 1.29 is 0 Å². The Balaban J connectivity index is 2.63. The van der Waals surface area contributed by atoms with Gasteiger partial charge in [-0.2, -0.15) is 0 Å². The summed E-state index contributed by atoms with van der Waals surface area (Å²) in [6.07, 6.45) is 8.20. The van der Waals surface area contributed by atoms with Crippen LogP contribution in [0.2, 0.25) is 5.02 Å². The molecule has 12 heavy (non-hydrogen) atoms. The molecule has 0 atom stereocenters. The Bertz CT molecular complexity index is 271. The smallest absolute Gasteiger partial charge is 0.0595 e. The number of nitrogens with zero attached hydrogens (tertiary/aromatic N) is 1. The highest BCUT2D eigenvalue weighted by atomic mass is 35.5. The van der Waals surface area contributed by atoms with E-state index < -0.39 is 0 Å². The van der Waals surface area contributed by atoms with Crippen LogP contribution in [0.5, 0.6) is 0 Å². The van der Waals surface area contributed by atoms with Crippen molar-refractivity contribution in [2.45, 2.75) is 6.42 Å². The van der Waals surface area contributed by atoms with Gasteiger partial charge in [0, 0.05) is 18.3 Å². The van der Waals surface area contributed by atoms with Gasteiger partial charge in [-0.25, -0.2) is 0 Å². The first kappa shape index (κ1) is 9.56. The Morgan fingerprint density at radius 2 is 2.25 bits per heavy atom. The number of pyridine rings is 1. The van der Waals surface area contributed by atoms with Crippen molar-refractivity contribution >= 4 is 29.3 Å². The molecule has 0 bridgehead atoms. The topological polar surface area (TPSA) is 12.9 Å². The molecule has 0 saturated carbocycles. The van der Waals surface area contributed by atoms with Crippen molar-refractivity contribution in [3.8, 4) is 0 Å². The van der Waals surface area contributed by atoms with Gasteiger partial charge in [-0.1, -0.05) is 23.8 Å². The van der Waals surface area contributed by atoms with Crippen LogP contribution in [0.4, 0.5) is 0 Å². The van der Waals surface area contributed by atoms with Gasteiger partial charge in [0.25, 0.3) is 0 Å². The lowest BCUT2D eigenvalue weighted by atomic mass is 10.2. The Morgan fingerprint density at radius 3 is 2.92 bits per heavy atom. The Labute approximate surface area is 82.0 Å². The zero-order chi connectivity index (χ0) is 8.81. The van der Waals surface area contributed by atoms with E-state index in [0.717, 1.165) is 12.0 Å². The second-order valence-electron chi connectivity index (χ2n) is 2.32. The minimum atomic E-state index is 0.643. The molecule has 0 aliphatic heterocycles. The molecule has 0 aliphatic carbocycles. The van der Waals surface area contributed by atoms with Crippen molar-refractivity contribution in [3.05, 3.63) is 35.1 Å². The third-order valence-corrected chi connectivity index (χ3v) is 1.74. The lowest BCUT2D eigenvalue weighted by Gasteiger charge is -1.92. The average molecular weight is 202 g/mol. The number of alkyl halides is 1. The number of hydrogen-bond donors (Lipinski definition) is 0. The standard InChI is InChI=1S/C9H9Cl2N/c10-4-2-1-3-8-5-9(11)7-12-6-8/h1,3,5-7H,2,4H2. The molecule has 0 fully saturated rings. The number of rotatable bonds is 3. The molecule has 1 rings (SSSR count). The molecule has 0 amide bonds. The molecule has 0 aliphatic rings. The van der Waals surface area contributed by atoms with Crippen LogP contribution in [0.3, 0.4) is 0 Å². The number of hydrogen-bond acceptors (Lipinski definition) is 1. The molecule has 0 unspecified atom stereocenters. The van der Waals surface area contributed by atoms with Gasteiger partial charge in [-0.15, -0.1) is 11.6 Å². The summed E-state index contributed by atoms with van der Waals surface area (Å²) in [6, 6.07) is 1.86. The van der Waals surface area contributed by atoms with Crippen molar-refractivity contribution in [2.24, 2.45) is 0 Å². The summed E-state index contributed by atoms with van der Waals surface area (Å²) in [5.74, 6) is 0.643. The molecule has 0 N–H and O–H groups in total. The van der Waals surface area contributed by atoms with Crippen LogP contribution in [-0.4, -0.2) is 10.9 Å². The fourth-order valence-electron chi connectivity index (χ4n) is 0.802. The van der Waals surface area contributed by atoms with Gasteiger partial charge in [0.1, 0.15) is 0 Å². The third kappa shape index (κ3) is 3.24. The van der Waals surface area contributed by atoms with E-state index in [2.05, 4.69) is 4.98 Å². The summed E-state index contributed by atoms with van der Waals surface area (Å²) >= 11 is 11.2. The predicted octanol–water partition coefficient (Wildman–Crippen LogP) is 3.38. The SMILES string of the molecule is ClCCC=Cc1cncc(Cl)c1. The molecule has 1 aromatic rings. The molecular formula is C9H9Cl2N. The van der Waals surface area contributed by atoms with E-state index in [9.17, 15) is 0 Å². The van der Waals surface area contributed by atoms with Crippen molar-refractivity contribution in [2.75, 3.05) is 5.88 Å². The summed E-state index contributed by atoms with van der Waals surface area (Å²) in [6.45, 7) is 0. The van der Waals surface area contributed by atoms with Crippen LogP contribution >= 0.6 is 23.2 Å². The van der Waals surface area contributed by atoms with Gasteiger partial charge >= 0.3 is 0 Å². The van der Waals surface area contributed by atoms with E-state index in [-0.39, 0.29) is 0 Å². The predicted molar refractivity (Wildman–Crippen MR) is 53.6 cm³/mol. The first-order valence-electron chi connectivity index (χ1n) is 3.66. The van der Waals surface area contributed by atoms with E-state index in [4.69, 9.17) is 23.2 Å². The number of aromatic nitrogens is 1. The van der Waals surface area contributed by atoms with Gasteiger partial charge in [0.2, 0.25) is 0 Å².